The first-order valence-electron chi connectivity index (χ1n) is 8.31. The Morgan fingerprint density at radius 3 is 2.73 bits per heavy atom. The molecule has 22 heavy (non-hydrogen) atoms. The van der Waals surface area contributed by atoms with E-state index in [-0.39, 0.29) is 6.61 Å². The van der Waals surface area contributed by atoms with Gasteiger partial charge in [0.05, 0.1) is 13.2 Å². The average Bonchev–Trinajstić information content (AvgIpc) is 2.56. The third kappa shape index (κ3) is 4.72. The normalized spacial score (nSPS) is 11.0. The van der Waals surface area contributed by atoms with Crippen molar-refractivity contribution < 1.29 is 9.84 Å². The molecule has 0 aliphatic heterocycles. The summed E-state index contributed by atoms with van der Waals surface area (Å²) in [7, 11) is 0. The van der Waals surface area contributed by atoms with Crippen LogP contribution in [0.2, 0.25) is 0 Å². The molecule has 0 spiro atoms. The van der Waals surface area contributed by atoms with Gasteiger partial charge in [0.25, 0.3) is 0 Å². The second-order valence-corrected chi connectivity index (χ2v) is 5.57. The average molecular weight is 301 g/mol. The van der Waals surface area contributed by atoms with Gasteiger partial charge in [0.15, 0.2) is 0 Å². The van der Waals surface area contributed by atoms with E-state index in [1.807, 2.05) is 0 Å². The topological polar surface area (TPSA) is 41.5 Å². The number of hydrogen-bond donors (Lipinski definition) is 2. The van der Waals surface area contributed by atoms with Crippen molar-refractivity contribution in [2.75, 3.05) is 19.8 Å². The van der Waals surface area contributed by atoms with Crippen molar-refractivity contribution in [3.8, 4) is 5.75 Å². The summed E-state index contributed by atoms with van der Waals surface area (Å²) in [6.45, 7) is 4.45. The van der Waals surface area contributed by atoms with Crippen LogP contribution in [0.25, 0.3) is 10.8 Å². The smallest absolute Gasteiger partial charge is 0.124 e. The largest absolute Gasteiger partial charge is 0.493 e. The SMILES string of the molecule is CCCCCCOc1ccc2ccccc2c1CNCCO. The summed E-state index contributed by atoms with van der Waals surface area (Å²) in [5.74, 6) is 0.959. The second kappa shape index (κ2) is 9.44. The highest BCUT2D eigenvalue weighted by molar-refractivity contribution is 5.87. The Balaban J connectivity index is 2.11. The molecule has 120 valence electrons. The molecular weight excluding hydrogens is 274 g/mol. The minimum Gasteiger partial charge on any atom is -0.493 e. The fourth-order valence-electron chi connectivity index (χ4n) is 2.64. The molecule has 0 aliphatic carbocycles. The third-order valence-electron chi connectivity index (χ3n) is 3.84. The summed E-state index contributed by atoms with van der Waals surface area (Å²) in [6.07, 6.45) is 4.84. The van der Waals surface area contributed by atoms with Crippen LogP contribution in [-0.4, -0.2) is 24.9 Å². The lowest BCUT2D eigenvalue weighted by Crippen LogP contribution is -2.18. The van der Waals surface area contributed by atoms with Crippen LogP contribution in [0.5, 0.6) is 5.75 Å². The molecule has 0 amide bonds. The van der Waals surface area contributed by atoms with Gasteiger partial charge >= 0.3 is 0 Å². The highest BCUT2D eigenvalue weighted by Gasteiger charge is 2.08. The van der Waals surface area contributed by atoms with Crippen LogP contribution in [-0.2, 0) is 6.54 Å². The first-order chi connectivity index (χ1) is 10.9. The highest BCUT2D eigenvalue weighted by Crippen LogP contribution is 2.28. The molecule has 0 bridgehead atoms. The molecule has 3 heteroatoms. The van der Waals surface area contributed by atoms with Crippen molar-refractivity contribution in [2.45, 2.75) is 39.2 Å². The molecule has 3 nitrogen and oxygen atoms in total. The minimum absolute atomic E-state index is 0.151. The standard InChI is InChI=1S/C19H27NO2/c1-2-3-4-7-14-22-19-11-10-16-8-5-6-9-17(16)18(19)15-20-12-13-21/h5-6,8-11,20-21H,2-4,7,12-15H2,1H3. The maximum absolute atomic E-state index is 8.96. The van der Waals surface area contributed by atoms with Crippen molar-refractivity contribution in [1.29, 1.82) is 0 Å². The van der Waals surface area contributed by atoms with Gasteiger partial charge < -0.3 is 15.2 Å². The lowest BCUT2D eigenvalue weighted by atomic mass is 10.0. The van der Waals surface area contributed by atoms with Crippen LogP contribution in [0.4, 0.5) is 0 Å². The molecule has 2 N–H and O–H groups in total. The summed E-state index contributed by atoms with van der Waals surface area (Å²) in [5, 5.41) is 14.7. The molecule has 0 saturated heterocycles. The van der Waals surface area contributed by atoms with Crippen LogP contribution in [0, 0.1) is 0 Å². The van der Waals surface area contributed by atoms with E-state index in [0.717, 1.165) is 18.8 Å². The zero-order chi connectivity index (χ0) is 15.6. The maximum atomic E-state index is 8.96. The monoisotopic (exact) mass is 301 g/mol. The number of nitrogens with one attached hydrogen (secondary N) is 1. The van der Waals surface area contributed by atoms with Crippen LogP contribution in [0.1, 0.15) is 38.2 Å². The van der Waals surface area contributed by atoms with Crippen molar-refractivity contribution in [3.05, 3.63) is 42.0 Å². The predicted molar refractivity (Wildman–Crippen MR) is 92.4 cm³/mol. The van der Waals surface area contributed by atoms with Crippen LogP contribution < -0.4 is 10.1 Å². The fraction of sp³-hybridized carbons (Fsp3) is 0.474. The molecule has 0 aliphatic rings. The van der Waals surface area contributed by atoms with E-state index in [1.54, 1.807) is 0 Å². The van der Waals surface area contributed by atoms with Crippen molar-refractivity contribution in [2.24, 2.45) is 0 Å². The molecule has 0 fully saturated rings. The first kappa shape index (κ1) is 16.8. The van der Waals surface area contributed by atoms with Gasteiger partial charge in [-0.3, -0.25) is 0 Å². The molecule has 0 saturated carbocycles. The van der Waals surface area contributed by atoms with Gasteiger partial charge in [-0.2, -0.15) is 0 Å². The van der Waals surface area contributed by atoms with Gasteiger partial charge in [-0.1, -0.05) is 56.5 Å². The van der Waals surface area contributed by atoms with E-state index in [9.17, 15) is 0 Å². The Kier molecular flexibility index (Phi) is 7.20. The van der Waals surface area contributed by atoms with Crippen molar-refractivity contribution in [1.82, 2.24) is 5.32 Å². The van der Waals surface area contributed by atoms with Crippen LogP contribution in [0.15, 0.2) is 36.4 Å². The van der Waals surface area contributed by atoms with E-state index >= 15 is 0 Å². The lowest BCUT2D eigenvalue weighted by molar-refractivity contribution is 0.288. The van der Waals surface area contributed by atoms with E-state index in [2.05, 4.69) is 48.6 Å². The Morgan fingerprint density at radius 2 is 1.91 bits per heavy atom. The van der Waals surface area contributed by atoms with Gasteiger partial charge in [0.2, 0.25) is 0 Å². The molecule has 0 aromatic heterocycles. The Morgan fingerprint density at radius 1 is 1.05 bits per heavy atom. The van der Waals surface area contributed by atoms with Gasteiger partial charge in [0, 0.05) is 18.7 Å². The number of rotatable bonds is 10. The lowest BCUT2D eigenvalue weighted by Gasteiger charge is -2.15. The Hall–Kier alpha value is -1.58. The Bertz CT molecular complexity index is 568. The summed E-state index contributed by atoms with van der Waals surface area (Å²) in [6, 6.07) is 12.6. The first-order valence-corrected chi connectivity index (χ1v) is 8.31. The molecular formula is C19H27NO2. The predicted octanol–water partition coefficient (Wildman–Crippen LogP) is 3.88. The van der Waals surface area contributed by atoms with Gasteiger partial charge in [-0.05, 0) is 23.3 Å². The summed E-state index contributed by atoms with van der Waals surface area (Å²) >= 11 is 0. The number of hydrogen-bond acceptors (Lipinski definition) is 3. The number of fused-ring (bicyclic) bond motifs is 1. The minimum atomic E-state index is 0.151. The quantitative estimate of drug-likeness (QED) is 0.654. The fourth-order valence-corrected chi connectivity index (χ4v) is 2.64. The van der Waals surface area contributed by atoms with Gasteiger partial charge in [-0.15, -0.1) is 0 Å². The summed E-state index contributed by atoms with van der Waals surface area (Å²) in [4.78, 5) is 0. The van der Waals surface area contributed by atoms with E-state index in [0.29, 0.717) is 13.1 Å². The number of aliphatic hydroxyl groups is 1. The van der Waals surface area contributed by atoms with E-state index < -0.39 is 0 Å². The highest BCUT2D eigenvalue weighted by atomic mass is 16.5. The zero-order valence-electron chi connectivity index (χ0n) is 13.5. The van der Waals surface area contributed by atoms with Crippen LogP contribution >= 0.6 is 0 Å². The van der Waals surface area contributed by atoms with E-state index in [1.165, 1.54) is 35.6 Å². The number of benzene rings is 2. The molecule has 0 heterocycles. The van der Waals surface area contributed by atoms with Gasteiger partial charge in [0.1, 0.15) is 5.75 Å². The van der Waals surface area contributed by atoms with Crippen molar-refractivity contribution in [3.63, 3.8) is 0 Å². The number of unbranched alkanes of at least 4 members (excludes halogenated alkanes) is 3. The third-order valence-corrected chi connectivity index (χ3v) is 3.84. The number of aliphatic hydroxyl groups excluding tert-OH is 1. The maximum Gasteiger partial charge on any atom is 0.124 e. The zero-order valence-corrected chi connectivity index (χ0v) is 13.5. The van der Waals surface area contributed by atoms with E-state index in [4.69, 9.17) is 9.84 Å². The van der Waals surface area contributed by atoms with Gasteiger partial charge in [-0.25, -0.2) is 0 Å². The van der Waals surface area contributed by atoms with Crippen LogP contribution in [0.3, 0.4) is 0 Å². The molecule has 0 atom stereocenters. The molecule has 0 radical (unpaired) electrons. The second-order valence-electron chi connectivity index (χ2n) is 5.57. The Labute approximate surface area is 133 Å². The van der Waals surface area contributed by atoms with Crippen molar-refractivity contribution >= 4 is 10.8 Å². The summed E-state index contributed by atoms with van der Waals surface area (Å²) < 4.78 is 6.02. The molecule has 2 aromatic rings. The summed E-state index contributed by atoms with van der Waals surface area (Å²) in [5.41, 5.74) is 1.18. The number of ether oxygens (including phenoxy) is 1. The molecule has 0 unspecified atom stereocenters. The molecule has 2 rings (SSSR count). The molecule has 2 aromatic carbocycles.